The van der Waals surface area contributed by atoms with Gasteiger partial charge in [-0.2, -0.15) is 0 Å². The van der Waals surface area contributed by atoms with Crippen LogP contribution >= 0.6 is 11.8 Å². The molecular formula is C17H17FOS. The molecule has 0 fully saturated rings. The maximum Gasteiger partial charge on any atom is 0.173 e. The lowest BCUT2D eigenvalue weighted by Gasteiger charge is -2.06. The third-order valence-corrected chi connectivity index (χ3v) is 4.09. The molecule has 20 heavy (non-hydrogen) atoms. The lowest BCUT2D eigenvalue weighted by Crippen LogP contribution is -2.02. The van der Waals surface area contributed by atoms with E-state index in [1.165, 1.54) is 29.5 Å². The lowest BCUT2D eigenvalue weighted by molar-refractivity contribution is 0.102. The van der Waals surface area contributed by atoms with Gasteiger partial charge in [0.15, 0.2) is 5.78 Å². The molecule has 0 radical (unpaired) electrons. The molecule has 0 aliphatic heterocycles. The molecule has 0 N–H and O–H groups in total. The van der Waals surface area contributed by atoms with Crippen LogP contribution in [-0.2, 0) is 0 Å². The number of carbonyl (C=O) groups excluding carboxylic acids is 1. The summed E-state index contributed by atoms with van der Waals surface area (Å²) in [6.07, 6.45) is 0. The molecule has 2 aromatic rings. The van der Waals surface area contributed by atoms with Crippen molar-refractivity contribution in [2.75, 3.05) is 5.75 Å². The Bertz CT molecular complexity index is 573. The zero-order valence-corrected chi connectivity index (χ0v) is 12.4. The molecule has 2 aromatic carbocycles. The summed E-state index contributed by atoms with van der Waals surface area (Å²) < 4.78 is 12.8. The summed E-state index contributed by atoms with van der Waals surface area (Å²) >= 11 is 1.43. The molecule has 2 rings (SSSR count). The monoisotopic (exact) mass is 288 g/mol. The molecule has 0 aliphatic rings. The molecule has 0 unspecified atom stereocenters. The van der Waals surface area contributed by atoms with Gasteiger partial charge in [-0.25, -0.2) is 4.39 Å². The van der Waals surface area contributed by atoms with Crippen LogP contribution in [0.3, 0.4) is 0 Å². The Balaban J connectivity index is 1.96. The van der Waals surface area contributed by atoms with Crippen molar-refractivity contribution in [3.8, 4) is 0 Å². The van der Waals surface area contributed by atoms with Crippen LogP contribution in [0.25, 0.3) is 0 Å². The van der Waals surface area contributed by atoms with E-state index in [0.29, 0.717) is 11.7 Å². The third-order valence-electron chi connectivity index (χ3n) is 3.08. The minimum atomic E-state index is -0.259. The van der Waals surface area contributed by atoms with Crippen molar-refractivity contribution in [1.29, 1.82) is 0 Å². The van der Waals surface area contributed by atoms with Crippen LogP contribution in [0.5, 0.6) is 0 Å². The standard InChI is InChI=1S/C17H17FOS/c1-12(2)13-3-5-14(6-4-13)17(19)11-20-16-9-7-15(18)8-10-16/h3-10,12H,11H2,1-2H3. The topological polar surface area (TPSA) is 17.1 Å². The number of carbonyl (C=O) groups is 1. The Morgan fingerprint density at radius 2 is 1.65 bits per heavy atom. The number of benzene rings is 2. The highest BCUT2D eigenvalue weighted by atomic mass is 32.2. The fourth-order valence-electron chi connectivity index (χ4n) is 1.82. The van der Waals surface area contributed by atoms with E-state index in [1.807, 2.05) is 24.3 Å². The minimum absolute atomic E-state index is 0.0923. The molecule has 1 nitrogen and oxygen atoms in total. The molecule has 0 atom stereocenters. The second-order valence-corrected chi connectivity index (χ2v) is 5.99. The van der Waals surface area contributed by atoms with Crippen LogP contribution in [-0.4, -0.2) is 11.5 Å². The van der Waals surface area contributed by atoms with Gasteiger partial charge in [-0.05, 0) is 35.7 Å². The molecule has 0 bridgehead atoms. The van der Waals surface area contributed by atoms with Crippen molar-refractivity contribution in [1.82, 2.24) is 0 Å². The van der Waals surface area contributed by atoms with Crippen LogP contribution in [0.2, 0.25) is 0 Å². The van der Waals surface area contributed by atoms with Gasteiger partial charge in [-0.15, -0.1) is 11.8 Å². The van der Waals surface area contributed by atoms with Gasteiger partial charge >= 0.3 is 0 Å². The number of ketones is 1. The molecule has 104 valence electrons. The normalized spacial score (nSPS) is 10.8. The molecule has 0 saturated carbocycles. The summed E-state index contributed by atoms with van der Waals surface area (Å²) in [4.78, 5) is 13.0. The SMILES string of the molecule is CC(C)c1ccc(C(=O)CSc2ccc(F)cc2)cc1. The van der Waals surface area contributed by atoms with Crippen molar-refractivity contribution in [3.63, 3.8) is 0 Å². The Labute approximate surface area is 123 Å². The van der Waals surface area contributed by atoms with Crippen LogP contribution in [0.1, 0.15) is 35.7 Å². The average molecular weight is 288 g/mol. The second kappa shape index (κ2) is 6.71. The fraction of sp³-hybridized carbons (Fsp3) is 0.235. The van der Waals surface area contributed by atoms with Crippen molar-refractivity contribution in [2.24, 2.45) is 0 Å². The van der Waals surface area contributed by atoms with Crippen molar-refractivity contribution < 1.29 is 9.18 Å². The lowest BCUT2D eigenvalue weighted by atomic mass is 10.0. The van der Waals surface area contributed by atoms with Gasteiger partial charge in [0, 0.05) is 10.5 Å². The number of hydrogen-bond donors (Lipinski definition) is 0. The molecule has 0 spiro atoms. The summed E-state index contributed by atoms with van der Waals surface area (Å²) in [6, 6.07) is 13.9. The minimum Gasteiger partial charge on any atom is -0.293 e. The quantitative estimate of drug-likeness (QED) is 0.573. The van der Waals surface area contributed by atoms with Gasteiger partial charge in [0.1, 0.15) is 5.82 Å². The zero-order valence-electron chi connectivity index (χ0n) is 11.6. The first kappa shape index (κ1) is 14.8. The van der Waals surface area contributed by atoms with Crippen molar-refractivity contribution in [2.45, 2.75) is 24.7 Å². The number of rotatable bonds is 5. The van der Waals surface area contributed by atoms with Gasteiger partial charge in [-0.3, -0.25) is 4.79 Å². The molecule has 0 amide bonds. The van der Waals surface area contributed by atoms with Gasteiger partial charge in [0.05, 0.1) is 5.75 Å². The summed E-state index contributed by atoms with van der Waals surface area (Å²) in [5.41, 5.74) is 1.96. The summed E-state index contributed by atoms with van der Waals surface area (Å²) in [5, 5.41) is 0. The Morgan fingerprint density at radius 3 is 2.20 bits per heavy atom. The van der Waals surface area contributed by atoms with E-state index in [9.17, 15) is 9.18 Å². The molecular weight excluding hydrogens is 271 g/mol. The molecule has 0 heterocycles. The first-order valence-electron chi connectivity index (χ1n) is 6.58. The van der Waals surface area contributed by atoms with E-state index in [4.69, 9.17) is 0 Å². The number of hydrogen-bond acceptors (Lipinski definition) is 2. The largest absolute Gasteiger partial charge is 0.293 e. The Hall–Kier alpha value is -1.61. The van der Waals surface area contributed by atoms with E-state index in [1.54, 1.807) is 12.1 Å². The molecule has 3 heteroatoms. The van der Waals surface area contributed by atoms with Gasteiger partial charge in [-0.1, -0.05) is 38.1 Å². The first-order valence-corrected chi connectivity index (χ1v) is 7.56. The van der Waals surface area contributed by atoms with E-state index < -0.39 is 0 Å². The van der Waals surface area contributed by atoms with E-state index in [2.05, 4.69) is 13.8 Å². The summed E-state index contributed by atoms with van der Waals surface area (Å²) in [7, 11) is 0. The van der Waals surface area contributed by atoms with Crippen molar-refractivity contribution in [3.05, 3.63) is 65.5 Å². The maximum atomic E-state index is 12.8. The zero-order chi connectivity index (χ0) is 14.5. The number of halogens is 1. The Kier molecular flexibility index (Phi) is 4.96. The number of thioether (sulfide) groups is 1. The highest BCUT2D eigenvalue weighted by Gasteiger charge is 2.07. The van der Waals surface area contributed by atoms with Gasteiger partial charge < -0.3 is 0 Å². The number of Topliss-reactive ketones (excluding diaryl/α,β-unsaturated/α-hetero) is 1. The van der Waals surface area contributed by atoms with Crippen LogP contribution < -0.4 is 0 Å². The van der Waals surface area contributed by atoms with Crippen LogP contribution in [0.15, 0.2) is 53.4 Å². The smallest absolute Gasteiger partial charge is 0.173 e. The third kappa shape index (κ3) is 3.94. The summed E-state index contributed by atoms with van der Waals surface area (Å²) in [5.74, 6) is 0.666. The predicted molar refractivity (Wildman–Crippen MR) is 82.0 cm³/mol. The van der Waals surface area contributed by atoms with E-state index in [-0.39, 0.29) is 11.6 Å². The van der Waals surface area contributed by atoms with Gasteiger partial charge in [0.2, 0.25) is 0 Å². The van der Waals surface area contributed by atoms with Crippen LogP contribution in [0, 0.1) is 5.82 Å². The highest BCUT2D eigenvalue weighted by molar-refractivity contribution is 8.00. The van der Waals surface area contributed by atoms with Crippen molar-refractivity contribution >= 4 is 17.5 Å². The second-order valence-electron chi connectivity index (χ2n) is 4.94. The molecule has 0 aliphatic carbocycles. The summed E-state index contributed by atoms with van der Waals surface area (Å²) in [6.45, 7) is 4.25. The average Bonchev–Trinajstić information content (AvgIpc) is 2.46. The van der Waals surface area contributed by atoms with E-state index >= 15 is 0 Å². The molecule has 0 aromatic heterocycles. The fourth-order valence-corrected chi connectivity index (χ4v) is 2.61. The van der Waals surface area contributed by atoms with E-state index in [0.717, 1.165) is 10.5 Å². The van der Waals surface area contributed by atoms with Gasteiger partial charge in [0.25, 0.3) is 0 Å². The predicted octanol–water partition coefficient (Wildman–Crippen LogP) is 4.92. The Morgan fingerprint density at radius 1 is 1.05 bits per heavy atom. The highest BCUT2D eigenvalue weighted by Crippen LogP contribution is 2.20. The first-order chi connectivity index (χ1) is 9.56. The van der Waals surface area contributed by atoms with Crippen LogP contribution in [0.4, 0.5) is 4.39 Å². The molecule has 0 saturated heterocycles. The maximum absolute atomic E-state index is 12.8.